The van der Waals surface area contributed by atoms with Gasteiger partial charge in [0, 0.05) is 17.8 Å². The highest BCUT2D eigenvalue weighted by Gasteiger charge is 2.33. The summed E-state index contributed by atoms with van der Waals surface area (Å²) in [6.07, 6.45) is -3.28. The summed E-state index contributed by atoms with van der Waals surface area (Å²) in [6, 6.07) is 8.32. The highest BCUT2D eigenvalue weighted by Crippen LogP contribution is 2.36. The molecule has 0 spiro atoms. The van der Waals surface area contributed by atoms with Crippen LogP contribution in [0.5, 0.6) is 11.5 Å². The maximum atomic E-state index is 12.9. The lowest BCUT2D eigenvalue weighted by molar-refractivity contribution is -0.137. The number of hydrogen-bond acceptors (Lipinski definition) is 3. The molecule has 0 N–H and O–H groups in total. The van der Waals surface area contributed by atoms with Crippen molar-refractivity contribution >= 4 is 11.6 Å². The van der Waals surface area contributed by atoms with E-state index >= 15 is 0 Å². The normalized spacial score (nSPS) is 14.0. The number of fused-ring (bicyclic) bond motifs is 1. The fourth-order valence-corrected chi connectivity index (χ4v) is 3.11. The van der Waals surface area contributed by atoms with Gasteiger partial charge >= 0.3 is 6.18 Å². The third-order valence-electron chi connectivity index (χ3n) is 4.40. The van der Waals surface area contributed by atoms with E-state index in [-0.39, 0.29) is 5.91 Å². The first-order chi connectivity index (χ1) is 12.3. The van der Waals surface area contributed by atoms with Gasteiger partial charge in [-0.3, -0.25) is 4.79 Å². The molecule has 0 aliphatic carbocycles. The van der Waals surface area contributed by atoms with Crippen LogP contribution in [0.4, 0.5) is 18.9 Å². The van der Waals surface area contributed by atoms with Crippen molar-refractivity contribution < 1.29 is 27.4 Å². The van der Waals surface area contributed by atoms with Gasteiger partial charge in [0.05, 0.1) is 19.8 Å². The van der Waals surface area contributed by atoms with Crippen LogP contribution in [0.25, 0.3) is 0 Å². The van der Waals surface area contributed by atoms with Gasteiger partial charge in [0.2, 0.25) is 0 Å². The second-order valence-electron chi connectivity index (χ2n) is 5.97. The number of ether oxygens (including phenoxy) is 2. The minimum absolute atomic E-state index is 0.285. The zero-order valence-electron chi connectivity index (χ0n) is 14.4. The number of nitrogens with zero attached hydrogens (tertiary/aromatic N) is 1. The molecule has 0 unspecified atom stereocenters. The second-order valence-corrected chi connectivity index (χ2v) is 5.97. The summed E-state index contributed by atoms with van der Waals surface area (Å²) in [5, 5.41) is 0. The van der Waals surface area contributed by atoms with Crippen LogP contribution in [0, 0.1) is 0 Å². The minimum atomic E-state index is -4.40. The van der Waals surface area contributed by atoms with Crippen molar-refractivity contribution in [2.24, 2.45) is 0 Å². The number of amides is 1. The molecule has 0 radical (unpaired) electrons. The third kappa shape index (κ3) is 3.34. The number of methoxy groups -OCH3 is 2. The Hall–Kier alpha value is -2.70. The molecule has 0 bridgehead atoms. The van der Waals surface area contributed by atoms with Crippen molar-refractivity contribution in [2.75, 3.05) is 25.7 Å². The summed E-state index contributed by atoms with van der Waals surface area (Å²) in [5.74, 6) is 0.632. The van der Waals surface area contributed by atoms with E-state index in [2.05, 4.69) is 0 Å². The zero-order chi connectivity index (χ0) is 18.9. The molecule has 1 heterocycles. The van der Waals surface area contributed by atoms with E-state index in [9.17, 15) is 18.0 Å². The lowest BCUT2D eigenvalue weighted by Crippen LogP contribution is -2.35. The predicted octanol–water partition coefficient (Wildman–Crippen LogP) is 4.32. The fourth-order valence-electron chi connectivity index (χ4n) is 3.11. The highest BCUT2D eigenvalue weighted by atomic mass is 19.4. The highest BCUT2D eigenvalue weighted by molar-refractivity contribution is 6.07. The molecule has 0 saturated carbocycles. The van der Waals surface area contributed by atoms with E-state index in [0.29, 0.717) is 47.7 Å². The third-order valence-corrected chi connectivity index (χ3v) is 4.40. The number of benzene rings is 2. The van der Waals surface area contributed by atoms with E-state index in [1.54, 1.807) is 18.2 Å². The number of hydrogen-bond donors (Lipinski definition) is 0. The summed E-state index contributed by atoms with van der Waals surface area (Å²) in [4.78, 5) is 14.4. The lowest BCUT2D eigenvalue weighted by Gasteiger charge is -2.30. The molecular formula is C19H18F3NO3. The SMILES string of the molecule is COc1ccc(C(=O)N2CCCc3cc(C(F)(F)F)ccc32)cc1OC. The average Bonchev–Trinajstić information content (AvgIpc) is 2.65. The van der Waals surface area contributed by atoms with E-state index in [1.807, 2.05) is 0 Å². The molecule has 0 fully saturated rings. The fraction of sp³-hybridized carbons (Fsp3) is 0.316. The van der Waals surface area contributed by atoms with Crippen LogP contribution >= 0.6 is 0 Å². The van der Waals surface area contributed by atoms with Crippen molar-refractivity contribution in [3.05, 3.63) is 53.1 Å². The van der Waals surface area contributed by atoms with Crippen molar-refractivity contribution in [1.29, 1.82) is 0 Å². The first kappa shape index (κ1) is 18.1. The number of alkyl halides is 3. The summed E-state index contributed by atoms with van der Waals surface area (Å²) >= 11 is 0. The summed E-state index contributed by atoms with van der Waals surface area (Å²) in [5.41, 5.74) is 0.732. The number of halogens is 3. The number of anilines is 1. The van der Waals surface area contributed by atoms with Crippen molar-refractivity contribution in [1.82, 2.24) is 0 Å². The van der Waals surface area contributed by atoms with Crippen LogP contribution in [0.2, 0.25) is 0 Å². The van der Waals surface area contributed by atoms with E-state index in [1.165, 1.54) is 25.2 Å². The van der Waals surface area contributed by atoms with Gasteiger partial charge in [-0.05, 0) is 54.8 Å². The quantitative estimate of drug-likeness (QED) is 0.813. The molecular weight excluding hydrogens is 347 g/mol. The van der Waals surface area contributed by atoms with Gasteiger partial charge in [-0.25, -0.2) is 0 Å². The summed E-state index contributed by atoms with van der Waals surface area (Å²) in [6.45, 7) is 0.450. The van der Waals surface area contributed by atoms with Crippen LogP contribution < -0.4 is 14.4 Å². The molecule has 26 heavy (non-hydrogen) atoms. The van der Waals surface area contributed by atoms with Gasteiger partial charge in [-0.15, -0.1) is 0 Å². The monoisotopic (exact) mass is 365 g/mol. The minimum Gasteiger partial charge on any atom is -0.493 e. The first-order valence-corrected chi connectivity index (χ1v) is 8.09. The van der Waals surface area contributed by atoms with Gasteiger partial charge in [-0.2, -0.15) is 13.2 Å². The molecule has 0 atom stereocenters. The molecule has 138 valence electrons. The maximum absolute atomic E-state index is 12.9. The van der Waals surface area contributed by atoms with Crippen LogP contribution in [-0.2, 0) is 12.6 Å². The van der Waals surface area contributed by atoms with Crippen LogP contribution in [0.3, 0.4) is 0 Å². The van der Waals surface area contributed by atoms with E-state index in [0.717, 1.165) is 12.1 Å². The molecule has 0 saturated heterocycles. The topological polar surface area (TPSA) is 38.8 Å². The number of carbonyl (C=O) groups is 1. The van der Waals surface area contributed by atoms with Crippen molar-refractivity contribution in [3.8, 4) is 11.5 Å². The Morgan fingerprint density at radius 1 is 1.04 bits per heavy atom. The Kier molecular flexibility index (Phi) is 4.80. The van der Waals surface area contributed by atoms with Crippen molar-refractivity contribution in [3.63, 3.8) is 0 Å². The molecule has 1 amide bonds. The Morgan fingerprint density at radius 3 is 2.42 bits per heavy atom. The Morgan fingerprint density at radius 2 is 1.77 bits per heavy atom. The largest absolute Gasteiger partial charge is 0.493 e. The Labute approximate surface area is 149 Å². The van der Waals surface area contributed by atoms with Gasteiger partial charge in [0.15, 0.2) is 11.5 Å². The number of rotatable bonds is 3. The van der Waals surface area contributed by atoms with Gasteiger partial charge in [0.1, 0.15) is 0 Å². The summed E-state index contributed by atoms with van der Waals surface area (Å²) < 4.78 is 49.2. The smallest absolute Gasteiger partial charge is 0.416 e. The molecule has 1 aliphatic rings. The van der Waals surface area contributed by atoms with E-state index < -0.39 is 11.7 Å². The molecule has 0 aromatic heterocycles. The average molecular weight is 365 g/mol. The van der Waals surface area contributed by atoms with Gasteiger partial charge in [0.25, 0.3) is 5.91 Å². The maximum Gasteiger partial charge on any atom is 0.416 e. The predicted molar refractivity (Wildman–Crippen MR) is 91.0 cm³/mol. The second kappa shape index (κ2) is 6.90. The molecule has 1 aliphatic heterocycles. The number of aryl methyl sites for hydroxylation is 1. The molecule has 7 heteroatoms. The standard InChI is InChI=1S/C19H18F3NO3/c1-25-16-8-5-13(11-17(16)26-2)18(24)23-9-3-4-12-10-14(19(20,21)22)6-7-15(12)23/h5-8,10-11H,3-4,9H2,1-2H3. The van der Waals surface area contributed by atoms with Crippen LogP contribution in [0.15, 0.2) is 36.4 Å². The molecule has 2 aromatic rings. The molecule has 4 nitrogen and oxygen atoms in total. The number of carbonyl (C=O) groups excluding carboxylic acids is 1. The Balaban J connectivity index is 1.95. The van der Waals surface area contributed by atoms with Gasteiger partial charge in [-0.1, -0.05) is 0 Å². The lowest BCUT2D eigenvalue weighted by atomic mass is 9.98. The van der Waals surface area contributed by atoms with Crippen LogP contribution in [-0.4, -0.2) is 26.7 Å². The first-order valence-electron chi connectivity index (χ1n) is 8.09. The molecule has 3 rings (SSSR count). The Bertz CT molecular complexity index is 833. The van der Waals surface area contributed by atoms with Crippen LogP contribution in [0.1, 0.15) is 27.9 Å². The van der Waals surface area contributed by atoms with Crippen molar-refractivity contribution in [2.45, 2.75) is 19.0 Å². The zero-order valence-corrected chi connectivity index (χ0v) is 14.4. The summed E-state index contributed by atoms with van der Waals surface area (Å²) in [7, 11) is 2.97. The van der Waals surface area contributed by atoms with Gasteiger partial charge < -0.3 is 14.4 Å². The molecule has 2 aromatic carbocycles. The van der Waals surface area contributed by atoms with E-state index in [4.69, 9.17) is 9.47 Å².